The number of nitrogens with zero attached hydrogens (tertiary/aromatic N) is 1. The Morgan fingerprint density at radius 3 is 2.36 bits per heavy atom. The summed E-state index contributed by atoms with van der Waals surface area (Å²) in [6.07, 6.45) is 5.41. The van der Waals surface area contributed by atoms with Crippen molar-refractivity contribution in [3.05, 3.63) is 59.7 Å². The van der Waals surface area contributed by atoms with Gasteiger partial charge in [0.1, 0.15) is 17.2 Å². The van der Waals surface area contributed by atoms with Gasteiger partial charge in [-0.05, 0) is 61.2 Å². The summed E-state index contributed by atoms with van der Waals surface area (Å²) in [6, 6.07) is 13.7. The van der Waals surface area contributed by atoms with Gasteiger partial charge >= 0.3 is 0 Å². The van der Waals surface area contributed by atoms with Crippen molar-refractivity contribution in [3.8, 4) is 17.2 Å². The van der Waals surface area contributed by atoms with E-state index in [1.807, 2.05) is 42.2 Å². The largest absolute Gasteiger partial charge is 0.497 e. The third-order valence-corrected chi connectivity index (χ3v) is 4.90. The van der Waals surface area contributed by atoms with Crippen molar-refractivity contribution in [2.45, 2.75) is 25.8 Å². The minimum Gasteiger partial charge on any atom is -0.497 e. The molecule has 1 saturated heterocycles. The lowest BCUT2D eigenvalue weighted by molar-refractivity contribution is -0.126. The van der Waals surface area contributed by atoms with Crippen LogP contribution in [0.3, 0.4) is 0 Å². The van der Waals surface area contributed by atoms with Crippen LogP contribution in [0.1, 0.15) is 36.9 Å². The Morgan fingerprint density at radius 2 is 1.75 bits per heavy atom. The van der Waals surface area contributed by atoms with Gasteiger partial charge in [-0.2, -0.15) is 0 Å². The molecule has 1 unspecified atom stereocenters. The Bertz CT molecular complexity index is 807. The van der Waals surface area contributed by atoms with Crippen molar-refractivity contribution in [1.29, 1.82) is 0 Å². The third-order valence-electron chi connectivity index (χ3n) is 4.90. The zero-order chi connectivity index (χ0) is 19.9. The number of rotatable bonds is 7. The van der Waals surface area contributed by atoms with Crippen molar-refractivity contribution in [2.75, 3.05) is 27.4 Å². The molecule has 0 saturated carbocycles. The van der Waals surface area contributed by atoms with Gasteiger partial charge in [-0.1, -0.05) is 12.1 Å². The van der Waals surface area contributed by atoms with Crippen LogP contribution in [-0.4, -0.2) is 38.2 Å². The molecule has 0 N–H and O–H groups in total. The zero-order valence-electron chi connectivity index (χ0n) is 16.7. The Kier molecular flexibility index (Phi) is 6.58. The number of methoxy groups -OCH3 is 2. The van der Waals surface area contributed by atoms with Crippen LogP contribution in [0, 0.1) is 0 Å². The van der Waals surface area contributed by atoms with Crippen molar-refractivity contribution in [3.63, 3.8) is 0 Å². The summed E-state index contributed by atoms with van der Waals surface area (Å²) in [6.45, 7) is 3.38. The van der Waals surface area contributed by atoms with Crippen LogP contribution >= 0.6 is 0 Å². The van der Waals surface area contributed by atoms with E-state index < -0.39 is 0 Å². The fraction of sp³-hybridized carbons (Fsp3) is 0.348. The maximum absolute atomic E-state index is 12.8. The molecule has 0 radical (unpaired) electrons. The second kappa shape index (κ2) is 9.31. The van der Waals surface area contributed by atoms with E-state index in [2.05, 4.69) is 12.1 Å². The van der Waals surface area contributed by atoms with Gasteiger partial charge in [0.15, 0.2) is 0 Å². The van der Waals surface area contributed by atoms with Gasteiger partial charge in [0.05, 0.1) is 26.9 Å². The van der Waals surface area contributed by atoms with Gasteiger partial charge in [-0.15, -0.1) is 0 Å². The van der Waals surface area contributed by atoms with Crippen LogP contribution in [0.15, 0.2) is 48.5 Å². The van der Waals surface area contributed by atoms with E-state index in [9.17, 15) is 4.79 Å². The molecule has 0 bridgehead atoms. The number of ether oxygens (including phenoxy) is 3. The molecule has 1 amide bonds. The third kappa shape index (κ3) is 4.66. The number of likely N-dealkylation sites (tertiary alicyclic amines) is 1. The molecule has 3 rings (SSSR count). The molecule has 1 atom stereocenters. The first-order valence-electron chi connectivity index (χ1n) is 9.59. The van der Waals surface area contributed by atoms with Crippen LogP contribution in [0.25, 0.3) is 6.08 Å². The van der Waals surface area contributed by atoms with E-state index in [4.69, 9.17) is 14.2 Å². The van der Waals surface area contributed by atoms with E-state index in [1.165, 1.54) is 0 Å². The summed E-state index contributed by atoms with van der Waals surface area (Å²) in [5.74, 6) is 2.26. The first-order chi connectivity index (χ1) is 13.6. The molecular formula is C23H27NO4. The molecule has 0 aromatic heterocycles. The molecule has 5 nitrogen and oxygen atoms in total. The van der Waals surface area contributed by atoms with Crippen LogP contribution in [0.5, 0.6) is 17.2 Å². The summed E-state index contributed by atoms with van der Waals surface area (Å²) in [7, 11) is 3.22. The number of carbonyl (C=O) groups is 1. The zero-order valence-corrected chi connectivity index (χ0v) is 16.7. The fourth-order valence-corrected chi connectivity index (χ4v) is 3.52. The predicted molar refractivity (Wildman–Crippen MR) is 110 cm³/mol. The first-order valence-corrected chi connectivity index (χ1v) is 9.59. The van der Waals surface area contributed by atoms with Crippen molar-refractivity contribution in [1.82, 2.24) is 4.90 Å². The second-order valence-electron chi connectivity index (χ2n) is 6.67. The number of hydrogen-bond acceptors (Lipinski definition) is 4. The molecule has 1 fully saturated rings. The van der Waals surface area contributed by atoms with Crippen LogP contribution < -0.4 is 14.2 Å². The van der Waals surface area contributed by atoms with Crippen molar-refractivity contribution < 1.29 is 19.0 Å². The van der Waals surface area contributed by atoms with Crippen molar-refractivity contribution >= 4 is 12.0 Å². The Labute approximate surface area is 166 Å². The average Bonchev–Trinajstić information content (AvgIpc) is 3.22. The summed E-state index contributed by atoms with van der Waals surface area (Å²) in [5, 5.41) is 0. The molecule has 0 spiro atoms. The van der Waals surface area contributed by atoms with Crippen LogP contribution in [0.4, 0.5) is 0 Å². The summed E-state index contributed by atoms with van der Waals surface area (Å²) < 4.78 is 16.1. The standard InChI is InChI=1S/C23H27NO4/c1-4-28-19-10-8-18(9-11-19)22-6-5-13-24(22)23(25)12-7-17-14-20(26-2)16-21(15-17)27-3/h7-12,14-16,22H,4-6,13H2,1-3H3/b12-7+. The number of hydrogen-bond donors (Lipinski definition) is 0. The lowest BCUT2D eigenvalue weighted by Crippen LogP contribution is -2.28. The molecule has 28 heavy (non-hydrogen) atoms. The molecule has 148 valence electrons. The number of carbonyl (C=O) groups excluding carboxylic acids is 1. The highest BCUT2D eigenvalue weighted by atomic mass is 16.5. The Balaban J connectivity index is 1.73. The Morgan fingerprint density at radius 1 is 1.07 bits per heavy atom. The minimum atomic E-state index is 0.0122. The minimum absolute atomic E-state index is 0.0122. The predicted octanol–water partition coefficient (Wildman–Crippen LogP) is 4.48. The molecule has 5 heteroatoms. The van der Waals surface area contributed by atoms with Gasteiger partial charge < -0.3 is 19.1 Å². The lowest BCUT2D eigenvalue weighted by atomic mass is 10.0. The summed E-state index contributed by atoms with van der Waals surface area (Å²) >= 11 is 0. The Hall–Kier alpha value is -2.95. The van der Waals surface area contributed by atoms with E-state index in [1.54, 1.807) is 26.4 Å². The van der Waals surface area contributed by atoms with Crippen molar-refractivity contribution in [2.24, 2.45) is 0 Å². The monoisotopic (exact) mass is 381 g/mol. The van der Waals surface area contributed by atoms with Crippen LogP contribution in [-0.2, 0) is 4.79 Å². The maximum Gasteiger partial charge on any atom is 0.247 e. The average molecular weight is 381 g/mol. The molecule has 0 aliphatic carbocycles. The molecule has 1 heterocycles. The van der Waals surface area contributed by atoms with E-state index in [-0.39, 0.29) is 11.9 Å². The highest BCUT2D eigenvalue weighted by Crippen LogP contribution is 2.33. The van der Waals surface area contributed by atoms with Crippen LogP contribution in [0.2, 0.25) is 0 Å². The maximum atomic E-state index is 12.8. The fourth-order valence-electron chi connectivity index (χ4n) is 3.52. The number of amides is 1. The molecule has 1 aliphatic rings. The highest BCUT2D eigenvalue weighted by molar-refractivity contribution is 5.92. The van der Waals surface area contributed by atoms with E-state index in [0.717, 1.165) is 36.3 Å². The summed E-state index contributed by atoms with van der Waals surface area (Å²) in [4.78, 5) is 14.8. The lowest BCUT2D eigenvalue weighted by Gasteiger charge is -2.24. The molecule has 2 aromatic rings. The van der Waals surface area contributed by atoms with Gasteiger partial charge in [0.25, 0.3) is 0 Å². The number of benzene rings is 2. The topological polar surface area (TPSA) is 48.0 Å². The highest BCUT2D eigenvalue weighted by Gasteiger charge is 2.28. The van der Waals surface area contributed by atoms with E-state index >= 15 is 0 Å². The van der Waals surface area contributed by atoms with Gasteiger partial charge in [0.2, 0.25) is 5.91 Å². The smallest absolute Gasteiger partial charge is 0.247 e. The quantitative estimate of drug-likeness (QED) is 0.664. The summed E-state index contributed by atoms with van der Waals surface area (Å²) in [5.41, 5.74) is 2.01. The SMILES string of the molecule is CCOc1ccc(C2CCCN2C(=O)/C=C/c2cc(OC)cc(OC)c2)cc1. The van der Waals surface area contributed by atoms with E-state index in [0.29, 0.717) is 18.1 Å². The van der Waals surface area contributed by atoms with Gasteiger partial charge in [-0.25, -0.2) is 0 Å². The molecular weight excluding hydrogens is 354 g/mol. The molecule has 2 aromatic carbocycles. The van der Waals surface area contributed by atoms with Gasteiger partial charge in [-0.3, -0.25) is 4.79 Å². The first kappa shape index (κ1) is 19.8. The molecule has 1 aliphatic heterocycles. The normalized spacial score (nSPS) is 16.4. The van der Waals surface area contributed by atoms with Gasteiger partial charge in [0, 0.05) is 18.7 Å². The second-order valence-corrected chi connectivity index (χ2v) is 6.67.